The Morgan fingerprint density at radius 2 is 1.75 bits per heavy atom. The molecule has 1 unspecified atom stereocenters. The molecule has 0 spiro atoms. The normalized spacial score (nSPS) is 12.9. The van der Waals surface area contributed by atoms with E-state index in [1.54, 1.807) is 0 Å². The summed E-state index contributed by atoms with van der Waals surface area (Å²) in [6.45, 7) is 5.46. The zero-order valence-electron chi connectivity index (χ0n) is 9.54. The minimum absolute atomic E-state index is 0.0210. The molecule has 0 heterocycles. The monoisotopic (exact) mass is 236 g/mol. The summed E-state index contributed by atoms with van der Waals surface area (Å²) < 4.78 is 0. The van der Waals surface area contributed by atoms with Crippen LogP contribution in [0, 0.1) is 25.6 Å². The highest BCUT2D eigenvalue weighted by Crippen LogP contribution is 2.22. The maximum absolute atomic E-state index is 10.1. The van der Waals surface area contributed by atoms with Gasteiger partial charge in [-0.1, -0.05) is 20.8 Å². The summed E-state index contributed by atoms with van der Waals surface area (Å²) in [7, 11) is 0. The van der Waals surface area contributed by atoms with Gasteiger partial charge in [0.05, 0.1) is 0 Å². The molecular weight excluding hydrogens is 220 g/mol. The van der Waals surface area contributed by atoms with Gasteiger partial charge in [0.2, 0.25) is 0 Å². The molecule has 0 aromatic carbocycles. The zero-order valence-corrected chi connectivity index (χ0v) is 9.54. The summed E-state index contributed by atoms with van der Waals surface area (Å²) in [4.78, 5) is 28.4. The van der Waals surface area contributed by atoms with E-state index in [-0.39, 0.29) is 5.41 Å². The van der Waals surface area contributed by atoms with Crippen molar-refractivity contribution in [3.8, 4) is 0 Å². The molecule has 8 heteroatoms. The van der Waals surface area contributed by atoms with Gasteiger partial charge in [0, 0.05) is 0 Å². The predicted molar refractivity (Wildman–Crippen MR) is 53.5 cm³/mol. The fourth-order valence-electron chi connectivity index (χ4n) is 1.03. The Morgan fingerprint density at radius 3 is 2.12 bits per heavy atom. The maximum Gasteiger partial charge on any atom is 0.294 e. The van der Waals surface area contributed by atoms with Crippen LogP contribution in [0.25, 0.3) is 0 Å². The van der Waals surface area contributed by atoms with Crippen LogP contribution >= 0.6 is 0 Å². The van der Waals surface area contributed by atoms with Crippen LogP contribution in [-0.4, -0.2) is 22.9 Å². The van der Waals surface area contributed by atoms with E-state index in [0.29, 0.717) is 12.8 Å². The molecule has 8 nitrogen and oxygen atoms in total. The lowest BCUT2D eigenvalue weighted by Crippen LogP contribution is -2.26. The average molecular weight is 236 g/mol. The molecule has 0 bridgehead atoms. The Labute approximate surface area is 92.7 Å². The minimum atomic E-state index is -0.993. The molecule has 0 saturated carbocycles. The fourth-order valence-corrected chi connectivity index (χ4v) is 1.03. The molecule has 0 radical (unpaired) electrons. The maximum atomic E-state index is 10.1. The highest BCUT2D eigenvalue weighted by Gasteiger charge is 2.19. The summed E-state index contributed by atoms with van der Waals surface area (Å²) in [6, 6.07) is 0. The molecule has 0 aromatic rings. The molecule has 0 aliphatic carbocycles. The van der Waals surface area contributed by atoms with Crippen molar-refractivity contribution >= 4 is 0 Å². The third kappa shape index (κ3) is 8.97. The SMILES string of the molecule is CC(C)(C)CCC(CO[N+](=O)[O-])O[N+](=O)[O-]. The minimum Gasteiger partial charge on any atom is -0.312 e. The molecule has 0 fully saturated rings. The number of nitrogens with zero attached hydrogens (tertiary/aromatic N) is 2. The van der Waals surface area contributed by atoms with E-state index in [4.69, 9.17) is 0 Å². The van der Waals surface area contributed by atoms with Crippen molar-refractivity contribution in [1.82, 2.24) is 0 Å². The molecule has 16 heavy (non-hydrogen) atoms. The summed E-state index contributed by atoms with van der Waals surface area (Å²) >= 11 is 0. The van der Waals surface area contributed by atoms with Gasteiger partial charge in [-0.2, -0.15) is 0 Å². The Kier molecular flexibility index (Phi) is 5.48. The summed E-state index contributed by atoms with van der Waals surface area (Å²) in [5.74, 6) is 0. The highest BCUT2D eigenvalue weighted by molar-refractivity contribution is 4.65. The van der Waals surface area contributed by atoms with Gasteiger partial charge < -0.3 is 9.68 Å². The molecule has 0 aliphatic rings. The van der Waals surface area contributed by atoms with E-state index >= 15 is 0 Å². The highest BCUT2D eigenvalue weighted by atomic mass is 17.0. The second-order valence-electron chi connectivity index (χ2n) is 4.57. The number of hydrogen-bond acceptors (Lipinski definition) is 6. The van der Waals surface area contributed by atoms with Gasteiger partial charge in [0.1, 0.15) is 12.7 Å². The molecule has 0 saturated heterocycles. The van der Waals surface area contributed by atoms with Crippen molar-refractivity contribution in [2.24, 2.45) is 5.41 Å². The smallest absolute Gasteiger partial charge is 0.294 e. The van der Waals surface area contributed by atoms with Crippen LogP contribution < -0.4 is 0 Å². The average Bonchev–Trinajstić information content (AvgIpc) is 2.07. The first-order chi connectivity index (χ1) is 7.20. The van der Waals surface area contributed by atoms with Gasteiger partial charge in [-0.05, 0) is 18.3 Å². The zero-order chi connectivity index (χ0) is 12.8. The first-order valence-electron chi connectivity index (χ1n) is 4.79. The molecule has 0 rings (SSSR count). The first-order valence-corrected chi connectivity index (χ1v) is 4.79. The van der Waals surface area contributed by atoms with Crippen LogP contribution in [-0.2, 0) is 9.68 Å². The molecule has 0 amide bonds. The lowest BCUT2D eigenvalue weighted by atomic mass is 9.89. The van der Waals surface area contributed by atoms with Gasteiger partial charge in [0.15, 0.2) is 0 Å². The van der Waals surface area contributed by atoms with E-state index in [9.17, 15) is 20.2 Å². The lowest BCUT2D eigenvalue weighted by Gasteiger charge is -2.21. The van der Waals surface area contributed by atoms with E-state index in [0.717, 1.165) is 0 Å². The molecule has 1 atom stereocenters. The van der Waals surface area contributed by atoms with E-state index in [2.05, 4.69) is 9.68 Å². The van der Waals surface area contributed by atoms with E-state index < -0.39 is 22.9 Å². The van der Waals surface area contributed by atoms with Crippen LogP contribution in [0.15, 0.2) is 0 Å². The number of hydrogen-bond donors (Lipinski definition) is 0. The van der Waals surface area contributed by atoms with Crippen molar-refractivity contribution < 1.29 is 19.8 Å². The molecular formula is C8H16N2O6. The Bertz CT molecular complexity index is 249. The van der Waals surface area contributed by atoms with Crippen LogP contribution in [0.4, 0.5) is 0 Å². The summed E-state index contributed by atoms with van der Waals surface area (Å²) in [6.07, 6.45) is 0.0740. The second kappa shape index (κ2) is 6.09. The quantitative estimate of drug-likeness (QED) is 0.491. The van der Waals surface area contributed by atoms with Crippen LogP contribution in [0.2, 0.25) is 0 Å². The molecule has 0 N–H and O–H groups in total. The second-order valence-corrected chi connectivity index (χ2v) is 4.57. The molecule has 0 aliphatic heterocycles. The van der Waals surface area contributed by atoms with Gasteiger partial charge in [0.25, 0.3) is 10.2 Å². The van der Waals surface area contributed by atoms with Crippen molar-refractivity contribution in [3.63, 3.8) is 0 Å². The van der Waals surface area contributed by atoms with Crippen molar-refractivity contribution in [2.75, 3.05) is 6.61 Å². The van der Waals surface area contributed by atoms with Crippen molar-refractivity contribution in [3.05, 3.63) is 20.2 Å². The van der Waals surface area contributed by atoms with Crippen molar-refractivity contribution in [1.29, 1.82) is 0 Å². The topological polar surface area (TPSA) is 105 Å². The molecule has 94 valence electrons. The van der Waals surface area contributed by atoms with Gasteiger partial charge in [-0.3, -0.25) is 0 Å². The van der Waals surface area contributed by atoms with Crippen LogP contribution in [0.5, 0.6) is 0 Å². The fraction of sp³-hybridized carbons (Fsp3) is 1.00. The van der Waals surface area contributed by atoms with Crippen molar-refractivity contribution in [2.45, 2.75) is 39.7 Å². The lowest BCUT2D eigenvalue weighted by molar-refractivity contribution is -0.790. The largest absolute Gasteiger partial charge is 0.312 e. The Hall–Kier alpha value is -1.60. The van der Waals surface area contributed by atoms with Gasteiger partial charge in [-0.25, -0.2) is 0 Å². The van der Waals surface area contributed by atoms with Gasteiger partial charge >= 0.3 is 0 Å². The van der Waals surface area contributed by atoms with Crippen LogP contribution in [0.1, 0.15) is 33.6 Å². The number of rotatable bonds is 7. The predicted octanol–water partition coefficient (Wildman–Crippen LogP) is 1.60. The molecule has 0 aromatic heterocycles. The van der Waals surface area contributed by atoms with E-state index in [1.165, 1.54) is 0 Å². The van der Waals surface area contributed by atoms with Crippen LogP contribution in [0.3, 0.4) is 0 Å². The first kappa shape index (κ1) is 14.4. The van der Waals surface area contributed by atoms with Gasteiger partial charge in [-0.15, -0.1) is 20.2 Å². The third-order valence-electron chi connectivity index (χ3n) is 1.82. The Morgan fingerprint density at radius 1 is 1.19 bits per heavy atom. The summed E-state index contributed by atoms with van der Waals surface area (Å²) in [5, 5.41) is 18.1. The Balaban J connectivity index is 4.10. The van der Waals surface area contributed by atoms with E-state index in [1.807, 2.05) is 20.8 Å². The summed E-state index contributed by atoms with van der Waals surface area (Å²) in [5.41, 5.74) is -0.0210. The standard InChI is InChI=1S/C8H16N2O6/c1-8(2,3)5-4-7(16-10(13)14)6-15-9(11)12/h7H,4-6H2,1-3H3. The third-order valence-corrected chi connectivity index (χ3v) is 1.82.